The number of aromatic nitrogens is 1. The summed E-state index contributed by atoms with van der Waals surface area (Å²) < 4.78 is 15.8. The third-order valence-electron chi connectivity index (χ3n) is 2.37. The van der Waals surface area contributed by atoms with Gasteiger partial charge in [-0.25, -0.2) is 13.9 Å². The van der Waals surface area contributed by atoms with Gasteiger partial charge >= 0.3 is 0 Å². The van der Waals surface area contributed by atoms with Gasteiger partial charge in [0.25, 0.3) is 0 Å². The first kappa shape index (κ1) is 14.8. The second-order valence-electron chi connectivity index (χ2n) is 4.87. The summed E-state index contributed by atoms with van der Waals surface area (Å²) in [7, 11) is -1.06. The fourth-order valence-electron chi connectivity index (χ4n) is 1.33. The maximum atomic E-state index is 12.1. The first-order valence-electron chi connectivity index (χ1n) is 5.64. The molecule has 2 unspecified atom stereocenters. The largest absolute Gasteiger partial charge is 0.249 e. The van der Waals surface area contributed by atoms with Gasteiger partial charge in [0.1, 0.15) is 4.60 Å². The number of rotatable bonds is 4. The minimum absolute atomic E-state index is 0.0920. The zero-order valence-corrected chi connectivity index (χ0v) is 13.1. The van der Waals surface area contributed by atoms with Gasteiger partial charge in [0.15, 0.2) is 0 Å². The number of nitrogens with one attached hydrogen (secondary N) is 1. The highest BCUT2D eigenvalue weighted by molar-refractivity contribution is 9.10. The van der Waals surface area contributed by atoms with Crippen LogP contribution in [0.1, 0.15) is 45.7 Å². The molecule has 0 aliphatic heterocycles. The summed E-state index contributed by atoms with van der Waals surface area (Å²) in [4.78, 5) is 4.10. The van der Waals surface area contributed by atoms with Gasteiger partial charge in [-0.15, -0.1) is 0 Å². The van der Waals surface area contributed by atoms with Crippen molar-refractivity contribution in [2.75, 3.05) is 0 Å². The predicted octanol–water partition coefficient (Wildman–Crippen LogP) is 3.35. The Hall–Kier alpha value is -0.260. The molecule has 0 amide bonds. The smallest absolute Gasteiger partial charge is 0.106 e. The number of halogens is 1. The Morgan fingerprint density at radius 1 is 1.53 bits per heavy atom. The summed E-state index contributed by atoms with van der Waals surface area (Å²) in [6.45, 7) is 7.97. The second-order valence-corrected chi connectivity index (χ2v) is 7.68. The molecule has 1 rings (SSSR count). The predicted molar refractivity (Wildman–Crippen MR) is 76.0 cm³/mol. The topological polar surface area (TPSA) is 42.0 Å². The Balaban J connectivity index is 2.83. The third-order valence-corrected chi connectivity index (χ3v) is 4.41. The Bertz CT molecular complexity index is 404. The molecule has 0 saturated heterocycles. The lowest BCUT2D eigenvalue weighted by atomic mass is 10.1. The average Bonchev–Trinajstić information content (AvgIpc) is 2.24. The zero-order chi connectivity index (χ0) is 13.1. The molecule has 0 aliphatic rings. The van der Waals surface area contributed by atoms with Crippen LogP contribution in [0, 0.1) is 0 Å². The summed E-state index contributed by atoms with van der Waals surface area (Å²) >= 11 is 3.35. The monoisotopic (exact) mass is 318 g/mol. The van der Waals surface area contributed by atoms with Crippen molar-refractivity contribution < 1.29 is 4.21 Å². The highest BCUT2D eigenvalue weighted by atomic mass is 79.9. The van der Waals surface area contributed by atoms with Crippen LogP contribution in [0.25, 0.3) is 0 Å². The quantitative estimate of drug-likeness (QED) is 0.865. The summed E-state index contributed by atoms with van der Waals surface area (Å²) in [6.07, 6.45) is 2.64. The molecule has 3 nitrogen and oxygen atoms in total. The van der Waals surface area contributed by atoms with Crippen LogP contribution in [-0.4, -0.2) is 13.9 Å². The Morgan fingerprint density at radius 2 is 2.18 bits per heavy atom. The molecule has 0 bridgehead atoms. The van der Waals surface area contributed by atoms with E-state index < -0.39 is 11.0 Å². The van der Waals surface area contributed by atoms with Gasteiger partial charge in [-0.3, -0.25) is 0 Å². The zero-order valence-electron chi connectivity index (χ0n) is 10.7. The van der Waals surface area contributed by atoms with E-state index in [1.54, 1.807) is 6.20 Å². The molecule has 1 N–H and O–H groups in total. The van der Waals surface area contributed by atoms with Gasteiger partial charge < -0.3 is 0 Å². The van der Waals surface area contributed by atoms with Crippen molar-refractivity contribution in [3.8, 4) is 0 Å². The minimum Gasteiger partial charge on any atom is -0.249 e. The number of pyridine rings is 1. The minimum atomic E-state index is -1.06. The molecule has 0 radical (unpaired) electrons. The van der Waals surface area contributed by atoms with Crippen LogP contribution in [0.15, 0.2) is 22.9 Å². The second kappa shape index (κ2) is 6.07. The van der Waals surface area contributed by atoms with Crippen molar-refractivity contribution in [2.45, 2.75) is 44.9 Å². The summed E-state index contributed by atoms with van der Waals surface area (Å²) in [5.41, 5.74) is 1.10. The lowest BCUT2D eigenvalue weighted by molar-refractivity contribution is 0.588. The van der Waals surface area contributed by atoms with Gasteiger partial charge in [-0.05, 0) is 60.8 Å². The molecule has 17 heavy (non-hydrogen) atoms. The number of hydrogen-bond donors (Lipinski definition) is 1. The molecule has 96 valence electrons. The molecule has 1 aromatic heterocycles. The van der Waals surface area contributed by atoms with Gasteiger partial charge in [0.2, 0.25) is 0 Å². The van der Waals surface area contributed by atoms with Crippen molar-refractivity contribution in [3.05, 3.63) is 28.5 Å². The molecule has 0 fully saturated rings. The molecule has 0 saturated carbocycles. The van der Waals surface area contributed by atoms with E-state index in [0.29, 0.717) is 0 Å². The molecule has 0 aliphatic carbocycles. The van der Waals surface area contributed by atoms with Crippen molar-refractivity contribution in [2.24, 2.45) is 0 Å². The van der Waals surface area contributed by atoms with Gasteiger partial charge in [-0.1, -0.05) is 6.92 Å². The maximum Gasteiger partial charge on any atom is 0.106 e. The summed E-state index contributed by atoms with van der Waals surface area (Å²) in [6, 6.07) is 4.00. The molecule has 1 aromatic rings. The molecule has 1 heterocycles. The highest BCUT2D eigenvalue weighted by Crippen LogP contribution is 2.21. The lowest BCUT2D eigenvalue weighted by Crippen LogP contribution is -2.35. The van der Waals surface area contributed by atoms with Gasteiger partial charge in [0, 0.05) is 12.2 Å². The SMILES string of the molecule is CCC(NS(=O)C(C)(C)C)c1ccnc(Br)c1. The summed E-state index contributed by atoms with van der Waals surface area (Å²) in [5, 5.41) is 0. The van der Waals surface area contributed by atoms with Crippen LogP contribution in [0.3, 0.4) is 0 Å². The van der Waals surface area contributed by atoms with Crippen LogP contribution in [-0.2, 0) is 11.0 Å². The lowest BCUT2D eigenvalue weighted by Gasteiger charge is -2.23. The van der Waals surface area contributed by atoms with E-state index in [4.69, 9.17) is 0 Å². The van der Waals surface area contributed by atoms with E-state index in [-0.39, 0.29) is 10.8 Å². The van der Waals surface area contributed by atoms with Crippen LogP contribution in [0.4, 0.5) is 0 Å². The number of nitrogens with zero attached hydrogens (tertiary/aromatic N) is 1. The molecule has 2 atom stereocenters. The molecular formula is C12H19BrN2OS. The van der Waals surface area contributed by atoms with Crippen molar-refractivity contribution in [1.29, 1.82) is 0 Å². The fraction of sp³-hybridized carbons (Fsp3) is 0.583. The van der Waals surface area contributed by atoms with Gasteiger partial charge in [0.05, 0.1) is 15.7 Å². The van der Waals surface area contributed by atoms with E-state index in [2.05, 4.69) is 32.6 Å². The van der Waals surface area contributed by atoms with E-state index in [1.807, 2.05) is 32.9 Å². The van der Waals surface area contributed by atoms with E-state index >= 15 is 0 Å². The van der Waals surface area contributed by atoms with Gasteiger partial charge in [-0.2, -0.15) is 0 Å². The fourth-order valence-corrected chi connectivity index (χ4v) is 2.62. The van der Waals surface area contributed by atoms with Crippen LogP contribution in [0.2, 0.25) is 0 Å². The first-order chi connectivity index (χ1) is 7.84. The molecular weight excluding hydrogens is 300 g/mol. The number of hydrogen-bond acceptors (Lipinski definition) is 2. The Kier molecular flexibility index (Phi) is 5.28. The van der Waals surface area contributed by atoms with Crippen molar-refractivity contribution >= 4 is 26.9 Å². The van der Waals surface area contributed by atoms with Crippen LogP contribution in [0.5, 0.6) is 0 Å². The van der Waals surface area contributed by atoms with E-state index in [9.17, 15) is 4.21 Å². The Morgan fingerprint density at radius 3 is 2.65 bits per heavy atom. The Labute approximate surface area is 114 Å². The summed E-state index contributed by atoms with van der Waals surface area (Å²) in [5.74, 6) is 0. The van der Waals surface area contributed by atoms with Crippen molar-refractivity contribution in [1.82, 2.24) is 9.71 Å². The normalized spacial score (nSPS) is 15.6. The first-order valence-corrected chi connectivity index (χ1v) is 7.58. The molecule has 0 aromatic carbocycles. The average molecular weight is 319 g/mol. The van der Waals surface area contributed by atoms with E-state index in [0.717, 1.165) is 16.6 Å². The molecule has 0 spiro atoms. The van der Waals surface area contributed by atoms with Crippen LogP contribution >= 0.6 is 15.9 Å². The molecule has 5 heteroatoms. The highest BCUT2D eigenvalue weighted by Gasteiger charge is 2.22. The maximum absolute atomic E-state index is 12.1. The van der Waals surface area contributed by atoms with E-state index in [1.165, 1.54) is 0 Å². The third kappa shape index (κ3) is 4.48. The standard InChI is InChI=1S/C12H19BrN2OS/c1-5-10(15-17(16)12(2,3)4)9-6-7-14-11(13)8-9/h6-8,10,15H,5H2,1-4H3. The van der Waals surface area contributed by atoms with Crippen molar-refractivity contribution in [3.63, 3.8) is 0 Å². The van der Waals surface area contributed by atoms with Crippen LogP contribution < -0.4 is 4.72 Å².